The first-order valence-electron chi connectivity index (χ1n) is 9.09. The molecule has 0 aliphatic heterocycles. The van der Waals surface area contributed by atoms with Gasteiger partial charge in [0, 0.05) is 11.1 Å². The molecule has 0 aliphatic rings. The lowest BCUT2D eigenvalue weighted by atomic mass is 10.00. The number of thioether (sulfide) groups is 1. The highest BCUT2D eigenvalue weighted by Crippen LogP contribution is 2.49. The van der Waals surface area contributed by atoms with Crippen LogP contribution in [-0.4, -0.2) is 39.9 Å². The van der Waals surface area contributed by atoms with Gasteiger partial charge in [0.2, 0.25) is 11.5 Å². The Morgan fingerprint density at radius 2 is 1.24 bits per heavy atom. The van der Waals surface area contributed by atoms with Gasteiger partial charge in [-0.2, -0.15) is 11.8 Å². The Kier molecular flexibility index (Phi) is 10.6. The van der Waals surface area contributed by atoms with E-state index in [2.05, 4.69) is 13.8 Å². The van der Waals surface area contributed by atoms with Gasteiger partial charge in [-0.25, -0.2) is 0 Å². The first-order chi connectivity index (χ1) is 12.2. The summed E-state index contributed by atoms with van der Waals surface area (Å²) in [5.41, 5.74) is 2.20. The number of hydrogen-bond donors (Lipinski definition) is 0. The molecule has 0 spiro atoms. The molecule has 1 rings (SSSR count). The standard InChI is InChI=1S/C20H34O4S/c1-7-8-9-10-13-25-14-11-12-16-15(2)17(21-3)19(23-5)20(24-6)18(16)22-4/h7-14H2,1-6H3. The number of hydrogen-bond acceptors (Lipinski definition) is 5. The number of methoxy groups -OCH3 is 4. The largest absolute Gasteiger partial charge is 0.492 e. The maximum absolute atomic E-state index is 5.65. The summed E-state index contributed by atoms with van der Waals surface area (Å²) < 4.78 is 22.2. The Labute approximate surface area is 157 Å². The van der Waals surface area contributed by atoms with Crippen molar-refractivity contribution in [1.29, 1.82) is 0 Å². The van der Waals surface area contributed by atoms with Gasteiger partial charge in [0.25, 0.3) is 0 Å². The molecule has 0 atom stereocenters. The highest BCUT2D eigenvalue weighted by molar-refractivity contribution is 7.99. The van der Waals surface area contributed by atoms with Crippen LogP contribution in [-0.2, 0) is 6.42 Å². The van der Waals surface area contributed by atoms with Crippen molar-refractivity contribution in [2.45, 2.75) is 52.4 Å². The lowest BCUT2D eigenvalue weighted by molar-refractivity contribution is 0.302. The van der Waals surface area contributed by atoms with Crippen LogP contribution < -0.4 is 18.9 Å². The topological polar surface area (TPSA) is 36.9 Å². The average Bonchev–Trinajstić information content (AvgIpc) is 2.63. The number of ether oxygens (including phenoxy) is 4. The van der Waals surface area contributed by atoms with Crippen molar-refractivity contribution in [1.82, 2.24) is 0 Å². The second kappa shape index (κ2) is 12.2. The van der Waals surface area contributed by atoms with Crippen molar-refractivity contribution in [3.63, 3.8) is 0 Å². The van der Waals surface area contributed by atoms with Crippen LogP contribution in [0, 0.1) is 6.92 Å². The Morgan fingerprint density at radius 1 is 0.680 bits per heavy atom. The predicted octanol–water partition coefficient (Wildman–Crippen LogP) is 5.28. The van der Waals surface area contributed by atoms with E-state index in [0.29, 0.717) is 11.5 Å². The average molecular weight is 371 g/mol. The van der Waals surface area contributed by atoms with Gasteiger partial charge in [0.1, 0.15) is 0 Å². The summed E-state index contributed by atoms with van der Waals surface area (Å²) in [6.45, 7) is 4.30. The van der Waals surface area contributed by atoms with E-state index < -0.39 is 0 Å². The van der Waals surface area contributed by atoms with Crippen LogP contribution in [0.4, 0.5) is 0 Å². The van der Waals surface area contributed by atoms with E-state index in [4.69, 9.17) is 18.9 Å². The fourth-order valence-electron chi connectivity index (χ4n) is 3.04. The Morgan fingerprint density at radius 3 is 1.80 bits per heavy atom. The molecular weight excluding hydrogens is 336 g/mol. The van der Waals surface area contributed by atoms with Gasteiger partial charge in [-0.3, -0.25) is 0 Å². The van der Waals surface area contributed by atoms with Gasteiger partial charge >= 0.3 is 0 Å². The van der Waals surface area contributed by atoms with E-state index in [-0.39, 0.29) is 0 Å². The smallest absolute Gasteiger partial charge is 0.207 e. The maximum Gasteiger partial charge on any atom is 0.207 e. The first kappa shape index (κ1) is 21.8. The highest BCUT2D eigenvalue weighted by atomic mass is 32.2. The zero-order valence-corrected chi connectivity index (χ0v) is 17.5. The van der Waals surface area contributed by atoms with E-state index >= 15 is 0 Å². The summed E-state index contributed by atoms with van der Waals surface area (Å²) in [4.78, 5) is 0. The van der Waals surface area contributed by atoms with Crippen LogP contribution in [0.25, 0.3) is 0 Å². The molecule has 0 aromatic heterocycles. The van der Waals surface area contributed by atoms with Crippen molar-refractivity contribution >= 4 is 11.8 Å². The van der Waals surface area contributed by atoms with Crippen molar-refractivity contribution in [3.05, 3.63) is 11.1 Å². The first-order valence-corrected chi connectivity index (χ1v) is 10.2. The molecule has 0 N–H and O–H groups in total. The van der Waals surface area contributed by atoms with Gasteiger partial charge < -0.3 is 18.9 Å². The monoisotopic (exact) mass is 370 g/mol. The molecule has 5 heteroatoms. The summed E-state index contributed by atoms with van der Waals surface area (Å²) in [6.07, 6.45) is 7.36. The molecule has 0 saturated heterocycles. The number of unbranched alkanes of at least 4 members (excludes halogenated alkanes) is 3. The molecule has 0 bridgehead atoms. The minimum atomic E-state index is 0.591. The third-order valence-electron chi connectivity index (χ3n) is 4.36. The number of rotatable bonds is 13. The normalized spacial score (nSPS) is 10.6. The molecule has 0 saturated carbocycles. The van der Waals surface area contributed by atoms with Crippen molar-refractivity contribution in [2.24, 2.45) is 0 Å². The fourth-order valence-corrected chi connectivity index (χ4v) is 4.00. The highest BCUT2D eigenvalue weighted by Gasteiger charge is 2.24. The maximum atomic E-state index is 5.65. The molecule has 0 fully saturated rings. The number of benzene rings is 1. The summed E-state index contributed by atoms with van der Waals surface area (Å²) in [6, 6.07) is 0. The summed E-state index contributed by atoms with van der Waals surface area (Å²) in [5, 5.41) is 0. The van der Waals surface area contributed by atoms with Crippen molar-refractivity contribution in [3.8, 4) is 23.0 Å². The van der Waals surface area contributed by atoms with Gasteiger partial charge in [0.15, 0.2) is 11.5 Å². The summed E-state index contributed by atoms with van der Waals surface area (Å²) in [5.74, 6) is 5.09. The quantitative estimate of drug-likeness (QED) is 0.442. The second-order valence-electron chi connectivity index (χ2n) is 6.01. The Balaban J connectivity index is 2.78. The lowest BCUT2D eigenvalue weighted by Crippen LogP contribution is -2.05. The molecule has 4 nitrogen and oxygen atoms in total. The van der Waals surface area contributed by atoms with Gasteiger partial charge in [-0.1, -0.05) is 26.2 Å². The molecule has 0 heterocycles. The third kappa shape index (κ3) is 5.91. The third-order valence-corrected chi connectivity index (χ3v) is 5.51. The van der Waals surface area contributed by atoms with E-state index in [1.54, 1.807) is 28.4 Å². The molecular formula is C20H34O4S. The molecule has 144 valence electrons. The predicted molar refractivity (Wildman–Crippen MR) is 107 cm³/mol. The SMILES string of the molecule is CCCCCCSCCCc1c(C)c(OC)c(OC)c(OC)c1OC. The van der Waals surface area contributed by atoms with Gasteiger partial charge in [0.05, 0.1) is 28.4 Å². The van der Waals surface area contributed by atoms with Crippen LogP contribution in [0.5, 0.6) is 23.0 Å². The van der Waals surface area contributed by atoms with E-state index in [1.807, 2.05) is 11.8 Å². The van der Waals surface area contributed by atoms with E-state index in [9.17, 15) is 0 Å². The molecule has 25 heavy (non-hydrogen) atoms. The van der Waals surface area contributed by atoms with Crippen molar-refractivity contribution in [2.75, 3.05) is 39.9 Å². The molecule has 1 aromatic carbocycles. The van der Waals surface area contributed by atoms with Gasteiger partial charge in [-0.05, 0) is 37.7 Å². The molecule has 0 unspecified atom stereocenters. The van der Waals surface area contributed by atoms with Crippen LogP contribution in [0.2, 0.25) is 0 Å². The zero-order valence-electron chi connectivity index (χ0n) is 16.7. The molecule has 0 radical (unpaired) electrons. The summed E-state index contributed by atoms with van der Waals surface area (Å²) >= 11 is 2.04. The fraction of sp³-hybridized carbons (Fsp3) is 0.700. The van der Waals surface area contributed by atoms with Crippen LogP contribution >= 0.6 is 11.8 Å². The Hall–Kier alpha value is -1.23. The van der Waals surface area contributed by atoms with Crippen LogP contribution in [0.1, 0.15) is 50.2 Å². The van der Waals surface area contributed by atoms with Gasteiger partial charge in [-0.15, -0.1) is 0 Å². The minimum absolute atomic E-state index is 0.591. The molecule has 0 aliphatic carbocycles. The zero-order chi connectivity index (χ0) is 18.7. The summed E-state index contributed by atoms with van der Waals surface area (Å²) in [7, 11) is 6.58. The minimum Gasteiger partial charge on any atom is -0.492 e. The Bertz CT molecular complexity index is 517. The lowest BCUT2D eigenvalue weighted by Gasteiger charge is -2.21. The van der Waals surface area contributed by atoms with E-state index in [0.717, 1.165) is 41.2 Å². The van der Waals surface area contributed by atoms with E-state index in [1.165, 1.54) is 31.4 Å². The van der Waals surface area contributed by atoms with Crippen LogP contribution in [0.3, 0.4) is 0 Å². The van der Waals surface area contributed by atoms with Crippen LogP contribution in [0.15, 0.2) is 0 Å². The molecule has 0 amide bonds. The van der Waals surface area contributed by atoms with Crippen molar-refractivity contribution < 1.29 is 18.9 Å². The molecule has 1 aromatic rings. The second-order valence-corrected chi connectivity index (χ2v) is 7.24.